The molecular weight excluding hydrogens is 430 g/mol. The maximum atomic E-state index is 13.3. The maximum absolute atomic E-state index is 13.3. The molecule has 0 aliphatic heterocycles. The normalized spacial score (nSPS) is 14.7. The van der Waals surface area contributed by atoms with Gasteiger partial charge in [-0.05, 0) is 24.1 Å². The molecule has 138 valence electrons. The van der Waals surface area contributed by atoms with Gasteiger partial charge in [0.1, 0.15) is 4.38 Å². The van der Waals surface area contributed by atoms with Crippen molar-refractivity contribution in [2.24, 2.45) is 4.40 Å². The molecule has 0 bridgehead atoms. The fourth-order valence-electron chi connectivity index (χ4n) is 0.742. The van der Waals surface area contributed by atoms with E-state index in [2.05, 4.69) is 16.0 Å². The Balaban J connectivity index is 5.86. The molecule has 0 aromatic heterocycles. The minimum Gasteiger partial charge on any atom is -0.243 e. The number of hydrogen-bond acceptors (Lipinski definition) is 5. The number of sulfonamides is 1. The van der Waals surface area contributed by atoms with Crippen LogP contribution in [0, 0.1) is 0 Å². The highest BCUT2D eigenvalue weighted by molar-refractivity contribution is 8.38. The smallest absolute Gasteiger partial charge is 0.243 e. The second-order valence-corrected chi connectivity index (χ2v) is 7.36. The molecule has 16 heteroatoms. The summed E-state index contributed by atoms with van der Waals surface area (Å²) in [7, 11) is -6.44. The Labute approximate surface area is 138 Å². The first kappa shape index (κ1) is 23.0. The summed E-state index contributed by atoms with van der Waals surface area (Å²) < 4.78 is 128. The van der Waals surface area contributed by atoms with Crippen LogP contribution in [0.5, 0.6) is 0 Å². The molecule has 4 nitrogen and oxygen atoms in total. The van der Waals surface area contributed by atoms with E-state index in [9.17, 15) is 43.5 Å². The molecule has 0 aliphatic carbocycles. The van der Waals surface area contributed by atoms with Gasteiger partial charge in [0, 0.05) is 0 Å². The molecule has 0 saturated heterocycles. The Kier molecular flexibility index (Phi) is 7.10. The van der Waals surface area contributed by atoms with E-state index in [1.165, 1.54) is 0 Å². The highest BCUT2D eigenvalue weighted by Crippen LogP contribution is 2.48. The lowest BCUT2D eigenvalue weighted by Gasteiger charge is -2.29. The van der Waals surface area contributed by atoms with Gasteiger partial charge in [0.05, 0.1) is 0 Å². The minimum absolute atomic E-state index is 0.466. The van der Waals surface area contributed by atoms with Gasteiger partial charge in [0.15, 0.2) is 0 Å². The summed E-state index contributed by atoms with van der Waals surface area (Å²) in [6, 6.07) is 0. The van der Waals surface area contributed by atoms with Crippen molar-refractivity contribution in [2.45, 2.75) is 22.9 Å². The van der Waals surface area contributed by atoms with E-state index in [1.807, 2.05) is 4.74 Å². The number of ether oxygens (including phenoxy) is 1. The zero-order chi connectivity index (χ0) is 18.9. The van der Waals surface area contributed by atoms with Crippen molar-refractivity contribution in [3.8, 4) is 0 Å². The highest BCUT2D eigenvalue weighted by Gasteiger charge is 2.74. The SMILES string of the molecule is CSC(=NS(=O)(=O)C(F)(F)C(F)(F)OC(F)(F)C(F)(F)Cl)SC. The number of nitrogens with zero attached hydrogens (tertiary/aromatic N) is 1. The van der Waals surface area contributed by atoms with Crippen molar-refractivity contribution in [2.75, 3.05) is 12.5 Å². The summed E-state index contributed by atoms with van der Waals surface area (Å²) in [4.78, 5) is 0. The van der Waals surface area contributed by atoms with E-state index < -0.39 is 37.3 Å². The van der Waals surface area contributed by atoms with E-state index >= 15 is 0 Å². The highest BCUT2D eigenvalue weighted by atomic mass is 35.5. The van der Waals surface area contributed by atoms with Crippen LogP contribution in [0.25, 0.3) is 0 Å². The van der Waals surface area contributed by atoms with Gasteiger partial charge in [0.2, 0.25) is 0 Å². The van der Waals surface area contributed by atoms with Crippen molar-refractivity contribution >= 4 is 49.5 Å². The van der Waals surface area contributed by atoms with Crippen molar-refractivity contribution < 1.29 is 48.3 Å². The van der Waals surface area contributed by atoms with E-state index in [4.69, 9.17) is 0 Å². The molecule has 0 heterocycles. The lowest BCUT2D eigenvalue weighted by molar-refractivity contribution is -0.442. The molecule has 0 atom stereocenters. The maximum Gasteiger partial charge on any atom is 0.455 e. The van der Waals surface area contributed by atoms with Crippen LogP contribution in [-0.2, 0) is 14.8 Å². The first-order valence-electron chi connectivity index (χ1n) is 4.78. The lowest BCUT2D eigenvalue weighted by atomic mass is 10.6. The number of halogens is 9. The first-order chi connectivity index (χ1) is 9.95. The van der Waals surface area contributed by atoms with Gasteiger partial charge in [-0.1, -0.05) is 0 Å². The summed E-state index contributed by atoms with van der Waals surface area (Å²) in [5, 5.41) is -12.2. The van der Waals surface area contributed by atoms with Crippen LogP contribution in [-0.4, -0.2) is 48.2 Å². The Morgan fingerprint density at radius 3 is 1.65 bits per heavy atom. The molecule has 0 amide bonds. The first-order valence-corrected chi connectivity index (χ1v) is 9.04. The standard InChI is InChI=1S/C7H6ClF8NO3S3/c1-21-3(22-2)17-23(18,19)7(15,16)6(13,14)20-5(11,12)4(8,9)10/h1-2H3. The molecule has 0 spiro atoms. The average Bonchev–Trinajstić information content (AvgIpc) is 2.32. The van der Waals surface area contributed by atoms with E-state index in [0.29, 0.717) is 23.5 Å². The third-order valence-electron chi connectivity index (χ3n) is 1.79. The summed E-state index contributed by atoms with van der Waals surface area (Å²) in [5.41, 5.74) is 0. The summed E-state index contributed by atoms with van der Waals surface area (Å²) in [5.74, 6) is 0. The molecule has 0 aromatic rings. The molecule has 0 radical (unpaired) electrons. The van der Waals surface area contributed by atoms with E-state index in [-0.39, 0.29) is 0 Å². The molecule has 0 saturated carbocycles. The van der Waals surface area contributed by atoms with Gasteiger partial charge >= 0.3 is 32.9 Å². The molecule has 0 aromatic carbocycles. The van der Waals surface area contributed by atoms with E-state index in [0.717, 1.165) is 12.5 Å². The number of hydrogen-bond donors (Lipinski definition) is 0. The fourth-order valence-corrected chi connectivity index (χ4v) is 3.28. The van der Waals surface area contributed by atoms with E-state index in [1.54, 1.807) is 0 Å². The largest absolute Gasteiger partial charge is 0.455 e. The second-order valence-electron chi connectivity index (χ2n) is 3.39. The average molecular weight is 436 g/mol. The number of thioether (sulfide) groups is 2. The second kappa shape index (κ2) is 7.09. The van der Waals surface area contributed by atoms with Crippen LogP contribution in [0.1, 0.15) is 0 Å². The summed E-state index contributed by atoms with van der Waals surface area (Å²) in [6.07, 6.45) is -10.5. The van der Waals surface area contributed by atoms with Gasteiger partial charge in [-0.25, -0.2) is 4.74 Å². The lowest BCUT2D eigenvalue weighted by Crippen LogP contribution is -2.54. The third-order valence-corrected chi connectivity index (χ3v) is 5.43. The molecule has 0 rings (SSSR count). The number of rotatable bonds is 6. The Hall–Kier alpha value is 0.01000. The Morgan fingerprint density at radius 1 is 0.957 bits per heavy atom. The van der Waals surface area contributed by atoms with Gasteiger partial charge in [-0.3, -0.25) is 0 Å². The molecule has 0 unspecified atom stereocenters. The monoisotopic (exact) mass is 435 g/mol. The Bertz CT molecular complexity index is 556. The van der Waals surface area contributed by atoms with Crippen LogP contribution in [0.15, 0.2) is 4.40 Å². The zero-order valence-corrected chi connectivity index (χ0v) is 14.0. The van der Waals surface area contributed by atoms with Gasteiger partial charge in [-0.15, -0.1) is 27.9 Å². The van der Waals surface area contributed by atoms with Crippen LogP contribution in [0.3, 0.4) is 0 Å². The van der Waals surface area contributed by atoms with Gasteiger partial charge in [-0.2, -0.15) is 43.5 Å². The zero-order valence-electron chi connectivity index (χ0n) is 10.8. The molecule has 0 fully saturated rings. The van der Waals surface area contributed by atoms with Crippen molar-refractivity contribution in [3.63, 3.8) is 0 Å². The number of alkyl halides is 9. The Morgan fingerprint density at radius 2 is 1.35 bits per heavy atom. The van der Waals surface area contributed by atoms with Gasteiger partial charge < -0.3 is 0 Å². The topological polar surface area (TPSA) is 55.7 Å². The fraction of sp³-hybridized carbons (Fsp3) is 0.857. The molecule has 0 aliphatic rings. The third kappa shape index (κ3) is 4.99. The van der Waals surface area contributed by atoms with Crippen molar-refractivity contribution in [1.29, 1.82) is 0 Å². The molecule has 0 N–H and O–H groups in total. The minimum atomic E-state index is -6.56. The predicted octanol–water partition coefficient (Wildman–Crippen LogP) is 4.02. The van der Waals surface area contributed by atoms with Crippen LogP contribution < -0.4 is 0 Å². The van der Waals surface area contributed by atoms with Crippen LogP contribution >= 0.6 is 35.1 Å². The quantitative estimate of drug-likeness (QED) is 0.273. The van der Waals surface area contributed by atoms with Crippen LogP contribution in [0.4, 0.5) is 35.1 Å². The molecular formula is C7H6ClF8NO3S3. The van der Waals surface area contributed by atoms with Gasteiger partial charge in [0.25, 0.3) is 0 Å². The summed E-state index contributed by atoms with van der Waals surface area (Å²) >= 11 is 4.69. The van der Waals surface area contributed by atoms with Crippen molar-refractivity contribution in [3.05, 3.63) is 0 Å². The van der Waals surface area contributed by atoms with Crippen LogP contribution in [0.2, 0.25) is 0 Å². The molecule has 23 heavy (non-hydrogen) atoms. The predicted molar refractivity (Wildman–Crippen MR) is 70.1 cm³/mol. The summed E-state index contributed by atoms with van der Waals surface area (Å²) in [6.45, 7) is 0. The van der Waals surface area contributed by atoms with Crippen molar-refractivity contribution in [1.82, 2.24) is 0 Å².